The summed E-state index contributed by atoms with van der Waals surface area (Å²) in [6.45, 7) is 2.26. The first-order valence-corrected chi connectivity index (χ1v) is 9.66. The smallest absolute Gasteiger partial charge is 0.115 e. The summed E-state index contributed by atoms with van der Waals surface area (Å²) in [5, 5.41) is 9.71. The van der Waals surface area contributed by atoms with Gasteiger partial charge in [-0.25, -0.2) is 0 Å². The summed E-state index contributed by atoms with van der Waals surface area (Å²) in [6, 6.07) is 12.8. The lowest BCUT2D eigenvalue weighted by atomic mass is 9.81. The van der Waals surface area contributed by atoms with Crippen molar-refractivity contribution in [2.24, 2.45) is 0 Å². The lowest BCUT2D eigenvalue weighted by molar-refractivity contribution is 0.475. The summed E-state index contributed by atoms with van der Waals surface area (Å²) in [4.78, 5) is 0. The van der Waals surface area contributed by atoms with Crippen LogP contribution in [0.5, 0.6) is 5.75 Å². The van der Waals surface area contributed by atoms with E-state index in [1.807, 2.05) is 12.1 Å². The second kappa shape index (κ2) is 6.63. The third-order valence-corrected chi connectivity index (χ3v) is 6.09. The minimum absolute atomic E-state index is 0.357. The van der Waals surface area contributed by atoms with Gasteiger partial charge in [0, 0.05) is 0 Å². The molecule has 0 spiro atoms. The summed E-state index contributed by atoms with van der Waals surface area (Å²) < 4.78 is 0. The van der Waals surface area contributed by atoms with E-state index in [1.165, 1.54) is 68.1 Å². The van der Waals surface area contributed by atoms with Gasteiger partial charge in [0.2, 0.25) is 0 Å². The Hall–Kier alpha value is -1.76. The van der Waals surface area contributed by atoms with Crippen molar-refractivity contribution in [1.29, 1.82) is 0 Å². The molecule has 24 heavy (non-hydrogen) atoms. The van der Waals surface area contributed by atoms with Gasteiger partial charge in [-0.1, -0.05) is 55.5 Å². The van der Waals surface area contributed by atoms with E-state index < -0.39 is 0 Å². The van der Waals surface area contributed by atoms with Gasteiger partial charge >= 0.3 is 0 Å². The predicted octanol–water partition coefficient (Wildman–Crippen LogP) is 6.68. The molecular weight excluding hydrogens is 292 g/mol. The van der Waals surface area contributed by atoms with Crippen LogP contribution in [0, 0.1) is 6.92 Å². The standard InChI is InChI=1S/C23H28O/c1-16-14-21(17-6-2-3-7-17)23(19-10-12-20(24)13-11-19)22(15-16)18-8-4-5-9-18/h10-15,17-18,24H,2-9H2,1H3. The van der Waals surface area contributed by atoms with Crippen LogP contribution in [-0.4, -0.2) is 5.11 Å². The summed E-state index contributed by atoms with van der Waals surface area (Å²) in [6.07, 6.45) is 10.8. The SMILES string of the molecule is Cc1cc(C2CCCC2)c(-c2ccc(O)cc2)c(C2CCCC2)c1. The number of hydrogen-bond acceptors (Lipinski definition) is 1. The zero-order chi connectivity index (χ0) is 16.5. The average Bonchev–Trinajstić information content (AvgIpc) is 3.29. The van der Waals surface area contributed by atoms with Crippen molar-refractivity contribution in [1.82, 2.24) is 0 Å². The van der Waals surface area contributed by atoms with Gasteiger partial charge in [0.1, 0.15) is 5.75 Å². The highest BCUT2D eigenvalue weighted by Gasteiger charge is 2.27. The fraction of sp³-hybridized carbons (Fsp3) is 0.478. The van der Waals surface area contributed by atoms with Crippen LogP contribution in [0.4, 0.5) is 0 Å². The Balaban J connectivity index is 1.89. The van der Waals surface area contributed by atoms with Crippen LogP contribution in [0.3, 0.4) is 0 Å². The molecule has 0 aromatic heterocycles. The predicted molar refractivity (Wildman–Crippen MR) is 101 cm³/mol. The van der Waals surface area contributed by atoms with Gasteiger partial charge < -0.3 is 5.11 Å². The number of phenolic OH excluding ortho intramolecular Hbond substituents is 1. The Morgan fingerprint density at radius 1 is 0.750 bits per heavy atom. The van der Waals surface area contributed by atoms with E-state index in [1.54, 1.807) is 11.1 Å². The quantitative estimate of drug-likeness (QED) is 0.668. The van der Waals surface area contributed by atoms with Crippen LogP contribution in [-0.2, 0) is 0 Å². The Morgan fingerprint density at radius 2 is 1.21 bits per heavy atom. The minimum Gasteiger partial charge on any atom is -0.508 e. The molecule has 0 radical (unpaired) electrons. The molecule has 4 rings (SSSR count). The zero-order valence-corrected chi connectivity index (χ0v) is 14.7. The molecule has 2 aromatic carbocycles. The fourth-order valence-electron chi connectivity index (χ4n) is 4.92. The molecule has 2 aliphatic carbocycles. The second-order valence-electron chi connectivity index (χ2n) is 7.83. The zero-order valence-electron chi connectivity index (χ0n) is 14.7. The highest BCUT2D eigenvalue weighted by molar-refractivity contribution is 5.74. The van der Waals surface area contributed by atoms with Crippen molar-refractivity contribution >= 4 is 0 Å². The molecule has 0 amide bonds. The van der Waals surface area contributed by atoms with Crippen molar-refractivity contribution in [2.75, 3.05) is 0 Å². The van der Waals surface area contributed by atoms with E-state index in [2.05, 4.69) is 31.2 Å². The van der Waals surface area contributed by atoms with Gasteiger partial charge in [-0.15, -0.1) is 0 Å². The monoisotopic (exact) mass is 320 g/mol. The maximum atomic E-state index is 9.71. The first-order valence-electron chi connectivity index (χ1n) is 9.66. The number of rotatable bonds is 3. The molecule has 0 heterocycles. The third kappa shape index (κ3) is 2.97. The first kappa shape index (κ1) is 15.7. The van der Waals surface area contributed by atoms with E-state index in [4.69, 9.17) is 0 Å². The maximum absolute atomic E-state index is 9.71. The number of hydrogen-bond donors (Lipinski definition) is 1. The molecule has 1 heteroatoms. The highest BCUT2D eigenvalue weighted by Crippen LogP contribution is 2.46. The van der Waals surface area contributed by atoms with Crippen LogP contribution in [0.1, 0.15) is 79.9 Å². The minimum atomic E-state index is 0.357. The second-order valence-corrected chi connectivity index (χ2v) is 7.83. The van der Waals surface area contributed by atoms with Gasteiger partial charge in [-0.2, -0.15) is 0 Å². The molecule has 0 unspecified atom stereocenters. The molecule has 0 aliphatic heterocycles. The summed E-state index contributed by atoms with van der Waals surface area (Å²) in [5.41, 5.74) is 7.33. The van der Waals surface area contributed by atoms with E-state index in [0.717, 1.165) is 0 Å². The first-order chi connectivity index (χ1) is 11.7. The van der Waals surface area contributed by atoms with E-state index >= 15 is 0 Å². The van der Waals surface area contributed by atoms with Crippen LogP contribution < -0.4 is 0 Å². The molecule has 0 saturated heterocycles. The van der Waals surface area contributed by atoms with Crippen molar-refractivity contribution in [3.05, 3.63) is 53.1 Å². The average molecular weight is 320 g/mol. The Morgan fingerprint density at radius 3 is 1.67 bits per heavy atom. The summed E-state index contributed by atoms with van der Waals surface area (Å²) in [7, 11) is 0. The number of phenols is 1. The molecule has 126 valence electrons. The molecule has 0 atom stereocenters. The Bertz CT molecular complexity index is 664. The van der Waals surface area contributed by atoms with Crippen LogP contribution in [0.2, 0.25) is 0 Å². The van der Waals surface area contributed by atoms with Gasteiger partial charge in [0.15, 0.2) is 0 Å². The number of benzene rings is 2. The van der Waals surface area contributed by atoms with Crippen LogP contribution >= 0.6 is 0 Å². The van der Waals surface area contributed by atoms with Crippen molar-refractivity contribution in [2.45, 2.75) is 70.1 Å². The molecule has 0 bridgehead atoms. The number of aromatic hydroxyl groups is 1. The van der Waals surface area contributed by atoms with E-state index in [0.29, 0.717) is 17.6 Å². The topological polar surface area (TPSA) is 20.2 Å². The molecular formula is C23H28O. The van der Waals surface area contributed by atoms with Crippen LogP contribution in [0.15, 0.2) is 36.4 Å². The Kier molecular flexibility index (Phi) is 4.35. The van der Waals surface area contributed by atoms with Crippen LogP contribution in [0.25, 0.3) is 11.1 Å². The van der Waals surface area contributed by atoms with Gasteiger partial charge in [0.25, 0.3) is 0 Å². The maximum Gasteiger partial charge on any atom is 0.115 e. The molecule has 2 fully saturated rings. The van der Waals surface area contributed by atoms with Gasteiger partial charge in [-0.05, 0) is 78.8 Å². The fourth-order valence-corrected chi connectivity index (χ4v) is 4.92. The lowest BCUT2D eigenvalue weighted by Crippen LogP contribution is -2.04. The van der Waals surface area contributed by atoms with Gasteiger partial charge in [-0.3, -0.25) is 0 Å². The lowest BCUT2D eigenvalue weighted by Gasteiger charge is -2.24. The largest absolute Gasteiger partial charge is 0.508 e. The Labute approximate surface area is 145 Å². The third-order valence-electron chi connectivity index (χ3n) is 6.09. The van der Waals surface area contributed by atoms with Crippen molar-refractivity contribution in [3.63, 3.8) is 0 Å². The normalized spacial score (nSPS) is 19.2. The molecule has 2 aromatic rings. The molecule has 2 aliphatic rings. The highest BCUT2D eigenvalue weighted by atomic mass is 16.3. The number of aryl methyl sites for hydroxylation is 1. The van der Waals surface area contributed by atoms with Crippen molar-refractivity contribution < 1.29 is 5.11 Å². The van der Waals surface area contributed by atoms with Crippen molar-refractivity contribution in [3.8, 4) is 16.9 Å². The van der Waals surface area contributed by atoms with E-state index in [-0.39, 0.29) is 0 Å². The van der Waals surface area contributed by atoms with Gasteiger partial charge in [0.05, 0.1) is 0 Å². The molecule has 1 N–H and O–H groups in total. The summed E-state index contributed by atoms with van der Waals surface area (Å²) in [5.74, 6) is 1.79. The molecule has 2 saturated carbocycles. The van der Waals surface area contributed by atoms with E-state index in [9.17, 15) is 5.11 Å². The summed E-state index contributed by atoms with van der Waals surface area (Å²) >= 11 is 0. The molecule has 1 nitrogen and oxygen atoms in total.